The zero-order valence-electron chi connectivity index (χ0n) is 9.46. The maximum absolute atomic E-state index is 8.75. The van der Waals surface area contributed by atoms with Crippen LogP contribution in [0.5, 0.6) is 0 Å². The third kappa shape index (κ3) is 3.07. The number of allylic oxidation sites excluding steroid dienone is 1. The SMILES string of the molecule is C=CCc1ccc(CC#N)c([SiH](C)C)c1. The molecule has 0 radical (unpaired) electrons. The molecular formula is C13H17NSi. The molecule has 0 aliphatic rings. The molecule has 1 nitrogen and oxygen atoms in total. The first-order valence-electron chi connectivity index (χ1n) is 5.28. The van der Waals surface area contributed by atoms with Crippen molar-refractivity contribution < 1.29 is 0 Å². The third-order valence-corrected chi connectivity index (χ3v) is 4.26. The van der Waals surface area contributed by atoms with E-state index in [0.717, 1.165) is 6.42 Å². The summed E-state index contributed by atoms with van der Waals surface area (Å²) in [5, 5.41) is 10.2. The molecule has 0 N–H and O–H groups in total. The fourth-order valence-electron chi connectivity index (χ4n) is 1.72. The molecule has 78 valence electrons. The summed E-state index contributed by atoms with van der Waals surface area (Å²) in [6.45, 7) is 8.35. The largest absolute Gasteiger partial charge is 0.198 e. The predicted octanol–water partition coefficient (Wildman–Crippen LogP) is 2.17. The average molecular weight is 215 g/mol. The van der Waals surface area contributed by atoms with Crippen LogP contribution in [-0.2, 0) is 12.8 Å². The van der Waals surface area contributed by atoms with Crippen molar-refractivity contribution in [2.45, 2.75) is 25.9 Å². The van der Waals surface area contributed by atoms with Gasteiger partial charge in [-0.25, -0.2) is 0 Å². The number of hydrogen-bond donors (Lipinski definition) is 0. The van der Waals surface area contributed by atoms with Gasteiger partial charge in [0, 0.05) is 0 Å². The molecule has 1 aromatic rings. The predicted molar refractivity (Wildman–Crippen MR) is 68.2 cm³/mol. The Morgan fingerprint density at radius 2 is 2.20 bits per heavy atom. The van der Waals surface area contributed by atoms with Gasteiger partial charge in [-0.1, -0.05) is 42.6 Å². The summed E-state index contributed by atoms with van der Waals surface area (Å²) in [5.41, 5.74) is 2.52. The monoisotopic (exact) mass is 215 g/mol. The minimum Gasteiger partial charge on any atom is -0.198 e. The lowest BCUT2D eigenvalue weighted by atomic mass is 10.1. The van der Waals surface area contributed by atoms with E-state index in [2.05, 4.69) is 43.9 Å². The molecule has 0 aromatic heterocycles. The Labute approximate surface area is 93.7 Å². The molecule has 2 heteroatoms. The van der Waals surface area contributed by atoms with Crippen LogP contribution in [0.15, 0.2) is 30.9 Å². The number of benzene rings is 1. The molecule has 0 saturated carbocycles. The first kappa shape index (κ1) is 11.7. The highest BCUT2D eigenvalue weighted by molar-refractivity contribution is 6.71. The van der Waals surface area contributed by atoms with E-state index >= 15 is 0 Å². The number of rotatable bonds is 4. The van der Waals surface area contributed by atoms with Gasteiger partial charge in [0.25, 0.3) is 0 Å². The van der Waals surface area contributed by atoms with Gasteiger partial charge in [0.1, 0.15) is 0 Å². The number of nitriles is 1. The van der Waals surface area contributed by atoms with Gasteiger partial charge in [0.15, 0.2) is 0 Å². The lowest BCUT2D eigenvalue weighted by Gasteiger charge is -2.11. The number of nitrogens with zero attached hydrogens (tertiary/aromatic N) is 1. The average Bonchev–Trinajstić information content (AvgIpc) is 2.21. The van der Waals surface area contributed by atoms with Gasteiger partial charge in [-0.2, -0.15) is 5.26 Å². The Morgan fingerprint density at radius 3 is 2.73 bits per heavy atom. The van der Waals surface area contributed by atoms with E-state index in [4.69, 9.17) is 5.26 Å². The van der Waals surface area contributed by atoms with Gasteiger partial charge in [-0.3, -0.25) is 0 Å². The molecule has 1 aromatic carbocycles. The van der Waals surface area contributed by atoms with Crippen molar-refractivity contribution in [2.75, 3.05) is 0 Å². The van der Waals surface area contributed by atoms with Crippen LogP contribution < -0.4 is 5.19 Å². The van der Waals surface area contributed by atoms with E-state index in [0.29, 0.717) is 6.42 Å². The molecule has 0 heterocycles. The lowest BCUT2D eigenvalue weighted by molar-refractivity contribution is 1.23. The van der Waals surface area contributed by atoms with Gasteiger partial charge in [0.2, 0.25) is 0 Å². The van der Waals surface area contributed by atoms with Gasteiger partial charge in [0.05, 0.1) is 21.3 Å². The maximum Gasteiger partial charge on any atom is 0.0669 e. The summed E-state index contributed by atoms with van der Waals surface area (Å²) in [4.78, 5) is 0. The minimum atomic E-state index is -0.838. The first-order valence-corrected chi connectivity index (χ1v) is 8.17. The molecule has 0 unspecified atom stereocenters. The summed E-state index contributed by atoms with van der Waals surface area (Å²) in [7, 11) is -0.838. The molecule has 0 aliphatic carbocycles. The van der Waals surface area contributed by atoms with Crippen LogP contribution in [0.3, 0.4) is 0 Å². The molecule has 0 aliphatic heterocycles. The Morgan fingerprint density at radius 1 is 1.47 bits per heavy atom. The summed E-state index contributed by atoms with van der Waals surface area (Å²) in [5.74, 6) is 0. The van der Waals surface area contributed by atoms with Crippen molar-refractivity contribution in [3.05, 3.63) is 42.0 Å². The molecule has 0 fully saturated rings. The van der Waals surface area contributed by atoms with Crippen LogP contribution in [0, 0.1) is 11.3 Å². The lowest BCUT2D eigenvalue weighted by Crippen LogP contribution is -2.27. The fourth-order valence-corrected chi connectivity index (χ4v) is 3.21. The van der Waals surface area contributed by atoms with E-state index < -0.39 is 8.80 Å². The second kappa shape index (κ2) is 5.52. The summed E-state index contributed by atoms with van der Waals surface area (Å²) < 4.78 is 0. The molecular weight excluding hydrogens is 198 g/mol. The van der Waals surface area contributed by atoms with E-state index in [-0.39, 0.29) is 0 Å². The van der Waals surface area contributed by atoms with E-state index in [9.17, 15) is 0 Å². The van der Waals surface area contributed by atoms with Crippen molar-refractivity contribution in [2.24, 2.45) is 0 Å². The fraction of sp³-hybridized carbons (Fsp3) is 0.308. The van der Waals surface area contributed by atoms with Crippen LogP contribution in [0.4, 0.5) is 0 Å². The number of hydrogen-bond acceptors (Lipinski definition) is 1. The van der Waals surface area contributed by atoms with Crippen LogP contribution in [-0.4, -0.2) is 8.80 Å². The summed E-state index contributed by atoms with van der Waals surface area (Å²) >= 11 is 0. The van der Waals surface area contributed by atoms with Crippen LogP contribution in [0.25, 0.3) is 0 Å². The molecule has 0 bridgehead atoms. The van der Waals surface area contributed by atoms with Crippen LogP contribution >= 0.6 is 0 Å². The summed E-state index contributed by atoms with van der Waals surface area (Å²) in [6.07, 6.45) is 3.38. The maximum atomic E-state index is 8.75. The molecule has 15 heavy (non-hydrogen) atoms. The van der Waals surface area contributed by atoms with Crippen molar-refractivity contribution in [1.82, 2.24) is 0 Å². The Kier molecular flexibility index (Phi) is 4.32. The molecule has 0 saturated heterocycles. The molecule has 0 spiro atoms. The first-order chi connectivity index (χ1) is 7.19. The van der Waals surface area contributed by atoms with E-state index in [1.54, 1.807) is 0 Å². The quantitative estimate of drug-likeness (QED) is 0.558. The highest BCUT2D eigenvalue weighted by atomic mass is 28.3. The standard InChI is InChI=1S/C13H17NSi/c1-4-5-11-6-7-12(8-9-14)13(10-11)15(2)3/h4,6-7,10,15H,1,5,8H2,2-3H3. The van der Waals surface area contributed by atoms with Gasteiger partial charge < -0.3 is 0 Å². The normalized spacial score (nSPS) is 10.0. The molecule has 1 rings (SSSR count). The highest BCUT2D eigenvalue weighted by Gasteiger charge is 2.07. The smallest absolute Gasteiger partial charge is 0.0669 e. The van der Waals surface area contributed by atoms with Crippen molar-refractivity contribution in [3.8, 4) is 6.07 Å². The van der Waals surface area contributed by atoms with Crippen molar-refractivity contribution in [3.63, 3.8) is 0 Å². The van der Waals surface area contributed by atoms with E-state index in [1.165, 1.54) is 16.3 Å². The van der Waals surface area contributed by atoms with Gasteiger partial charge >= 0.3 is 0 Å². The van der Waals surface area contributed by atoms with Crippen molar-refractivity contribution >= 4 is 14.0 Å². The second-order valence-electron chi connectivity index (χ2n) is 4.02. The molecule has 0 amide bonds. The third-order valence-electron chi connectivity index (χ3n) is 2.48. The van der Waals surface area contributed by atoms with Crippen LogP contribution in [0.2, 0.25) is 13.1 Å². The Bertz CT molecular complexity index is 388. The zero-order chi connectivity index (χ0) is 11.3. The second-order valence-corrected chi connectivity index (χ2v) is 6.95. The van der Waals surface area contributed by atoms with Gasteiger partial charge in [-0.15, -0.1) is 6.58 Å². The van der Waals surface area contributed by atoms with Gasteiger partial charge in [-0.05, 0) is 17.5 Å². The van der Waals surface area contributed by atoms with Crippen LogP contribution in [0.1, 0.15) is 11.1 Å². The van der Waals surface area contributed by atoms with E-state index in [1.807, 2.05) is 6.08 Å². The van der Waals surface area contributed by atoms with Crippen molar-refractivity contribution in [1.29, 1.82) is 5.26 Å². The zero-order valence-corrected chi connectivity index (χ0v) is 10.6. The topological polar surface area (TPSA) is 23.8 Å². The molecule has 0 atom stereocenters. The minimum absolute atomic E-state index is 0.537. The Hall–Kier alpha value is -1.33. The Balaban J connectivity index is 3.09. The highest BCUT2D eigenvalue weighted by Crippen LogP contribution is 2.06. The summed E-state index contributed by atoms with van der Waals surface area (Å²) in [6, 6.07) is 8.70.